The summed E-state index contributed by atoms with van der Waals surface area (Å²) in [6, 6.07) is 34.2. The van der Waals surface area contributed by atoms with Gasteiger partial charge in [-0.2, -0.15) is 0 Å². The molecule has 5 aromatic rings. The van der Waals surface area contributed by atoms with Gasteiger partial charge in [-0.25, -0.2) is 4.98 Å². The summed E-state index contributed by atoms with van der Waals surface area (Å²) in [7, 11) is 0. The van der Waals surface area contributed by atoms with Crippen molar-refractivity contribution in [1.29, 1.82) is 0 Å². The molecule has 6 nitrogen and oxygen atoms in total. The van der Waals surface area contributed by atoms with Crippen molar-refractivity contribution < 1.29 is 19.4 Å². The van der Waals surface area contributed by atoms with Crippen LogP contribution >= 0.6 is 0 Å². The van der Waals surface area contributed by atoms with E-state index in [1.165, 1.54) is 0 Å². The number of imidazole rings is 1. The van der Waals surface area contributed by atoms with E-state index >= 15 is 0 Å². The maximum absolute atomic E-state index is 10.7. The Morgan fingerprint density at radius 3 is 2.21 bits per heavy atom. The Kier molecular flexibility index (Phi) is 7.99. The number of ether oxygens (including phenoxy) is 2. The Balaban J connectivity index is 1.39. The molecule has 0 saturated carbocycles. The number of rotatable bonds is 12. The Labute approximate surface area is 222 Å². The zero-order valence-electron chi connectivity index (χ0n) is 21.1. The van der Waals surface area contributed by atoms with Gasteiger partial charge in [0, 0.05) is 23.7 Å². The van der Waals surface area contributed by atoms with Crippen LogP contribution in [0.15, 0.2) is 103 Å². The van der Waals surface area contributed by atoms with Gasteiger partial charge >= 0.3 is 5.97 Å². The molecule has 0 aliphatic rings. The first-order chi connectivity index (χ1) is 18.7. The summed E-state index contributed by atoms with van der Waals surface area (Å²) in [4.78, 5) is 15.7. The van der Waals surface area contributed by atoms with Gasteiger partial charge in [-0.05, 0) is 61.2 Å². The van der Waals surface area contributed by atoms with Gasteiger partial charge in [0.2, 0.25) is 0 Å². The molecule has 38 heavy (non-hydrogen) atoms. The van der Waals surface area contributed by atoms with Crippen molar-refractivity contribution in [2.24, 2.45) is 0 Å². The fraction of sp³-hybridized carbons (Fsp3) is 0.188. The lowest BCUT2D eigenvalue weighted by atomic mass is 10.2. The van der Waals surface area contributed by atoms with E-state index in [1.807, 2.05) is 91.0 Å². The van der Waals surface area contributed by atoms with Gasteiger partial charge in [0.1, 0.15) is 23.9 Å². The number of nitrogens with zero attached hydrogens (tertiary/aromatic N) is 2. The molecule has 0 amide bonds. The summed E-state index contributed by atoms with van der Waals surface area (Å²) in [6.07, 6.45) is 2.49. The number of hydrogen-bond acceptors (Lipinski definition) is 4. The Morgan fingerprint density at radius 1 is 0.763 bits per heavy atom. The van der Waals surface area contributed by atoms with Crippen LogP contribution in [-0.4, -0.2) is 27.2 Å². The summed E-state index contributed by atoms with van der Waals surface area (Å²) in [5.74, 6) is 1.66. The predicted molar refractivity (Wildman–Crippen MR) is 149 cm³/mol. The van der Waals surface area contributed by atoms with E-state index in [4.69, 9.17) is 19.6 Å². The van der Waals surface area contributed by atoms with Gasteiger partial charge in [0.15, 0.2) is 0 Å². The fourth-order valence-electron chi connectivity index (χ4n) is 4.36. The largest absolute Gasteiger partial charge is 0.494 e. The smallest absolute Gasteiger partial charge is 0.303 e. The van der Waals surface area contributed by atoms with E-state index in [-0.39, 0.29) is 6.42 Å². The third-order valence-corrected chi connectivity index (χ3v) is 6.30. The Morgan fingerprint density at radius 2 is 1.47 bits per heavy atom. The minimum Gasteiger partial charge on any atom is -0.494 e. The van der Waals surface area contributed by atoms with Gasteiger partial charge in [-0.15, -0.1) is 0 Å². The highest BCUT2D eigenvalue weighted by Crippen LogP contribution is 2.31. The molecule has 5 rings (SSSR count). The molecule has 0 aliphatic carbocycles. The lowest BCUT2D eigenvalue weighted by Crippen LogP contribution is -2.00. The first-order valence-corrected chi connectivity index (χ1v) is 12.9. The number of carboxylic acid groups (broad SMARTS) is 1. The molecule has 4 aromatic carbocycles. The van der Waals surface area contributed by atoms with Crippen molar-refractivity contribution >= 4 is 17.0 Å². The fourth-order valence-corrected chi connectivity index (χ4v) is 4.36. The average Bonchev–Trinajstić information content (AvgIpc) is 3.34. The van der Waals surface area contributed by atoms with Crippen molar-refractivity contribution in [3.8, 4) is 28.6 Å². The molecule has 0 aliphatic heterocycles. The molecule has 0 saturated heterocycles. The summed E-state index contributed by atoms with van der Waals surface area (Å²) in [5.41, 5.74) is 4.95. The van der Waals surface area contributed by atoms with Crippen LogP contribution in [0, 0.1) is 0 Å². The first kappa shape index (κ1) is 25.1. The Hall–Kier alpha value is -4.58. The quantitative estimate of drug-likeness (QED) is 0.180. The minimum atomic E-state index is -0.755. The van der Waals surface area contributed by atoms with Crippen LogP contribution in [0.5, 0.6) is 11.5 Å². The third-order valence-electron chi connectivity index (χ3n) is 6.30. The van der Waals surface area contributed by atoms with E-state index in [0.29, 0.717) is 19.6 Å². The molecule has 0 fully saturated rings. The highest BCUT2D eigenvalue weighted by Gasteiger charge is 2.15. The van der Waals surface area contributed by atoms with Gasteiger partial charge in [0.25, 0.3) is 0 Å². The van der Waals surface area contributed by atoms with Crippen LogP contribution in [0.4, 0.5) is 0 Å². The molecular weight excluding hydrogens is 476 g/mol. The zero-order valence-corrected chi connectivity index (χ0v) is 21.1. The number of aromatic nitrogens is 2. The molecule has 1 aromatic heterocycles. The van der Waals surface area contributed by atoms with Crippen LogP contribution < -0.4 is 9.47 Å². The highest BCUT2D eigenvalue weighted by molar-refractivity contribution is 5.84. The molecule has 6 heteroatoms. The lowest BCUT2D eigenvalue weighted by molar-refractivity contribution is -0.137. The van der Waals surface area contributed by atoms with Crippen LogP contribution in [0.25, 0.3) is 28.1 Å². The minimum absolute atomic E-state index is 0.198. The molecule has 0 atom stereocenters. The van der Waals surface area contributed by atoms with Crippen LogP contribution in [-0.2, 0) is 11.4 Å². The zero-order chi connectivity index (χ0) is 26.2. The molecule has 0 unspecified atom stereocenters. The van der Waals surface area contributed by atoms with Crippen molar-refractivity contribution in [3.63, 3.8) is 0 Å². The third kappa shape index (κ3) is 6.21. The number of fused-ring (bicyclic) bond motifs is 1. The highest BCUT2D eigenvalue weighted by atomic mass is 16.5. The topological polar surface area (TPSA) is 73.6 Å². The van der Waals surface area contributed by atoms with E-state index in [9.17, 15) is 4.79 Å². The van der Waals surface area contributed by atoms with Gasteiger partial charge in [-0.3, -0.25) is 9.36 Å². The SMILES string of the molecule is O=C(O)CCCCCOc1ccc2nc(-c3ccccc3)n(-c3ccc(OCc4ccccc4)cc3)c2c1. The monoisotopic (exact) mass is 506 g/mol. The summed E-state index contributed by atoms with van der Waals surface area (Å²) in [5, 5.41) is 8.80. The number of benzene rings is 4. The maximum atomic E-state index is 10.7. The van der Waals surface area contributed by atoms with E-state index in [2.05, 4.69) is 16.7 Å². The van der Waals surface area contributed by atoms with Crippen LogP contribution in [0.3, 0.4) is 0 Å². The van der Waals surface area contributed by atoms with E-state index < -0.39 is 5.97 Å². The molecule has 0 radical (unpaired) electrons. The number of aliphatic carboxylic acids is 1. The van der Waals surface area contributed by atoms with Crippen molar-refractivity contribution in [2.45, 2.75) is 32.3 Å². The second kappa shape index (κ2) is 12.1. The Bertz CT molecular complexity index is 1480. The first-order valence-electron chi connectivity index (χ1n) is 12.9. The lowest BCUT2D eigenvalue weighted by Gasteiger charge is -2.12. The van der Waals surface area contributed by atoms with Crippen molar-refractivity contribution in [1.82, 2.24) is 9.55 Å². The molecule has 0 spiro atoms. The molecule has 192 valence electrons. The average molecular weight is 507 g/mol. The van der Waals surface area contributed by atoms with Crippen molar-refractivity contribution in [2.75, 3.05) is 6.61 Å². The second-order valence-corrected chi connectivity index (χ2v) is 9.11. The molecule has 1 heterocycles. The van der Waals surface area contributed by atoms with Crippen LogP contribution in [0.1, 0.15) is 31.2 Å². The summed E-state index contributed by atoms with van der Waals surface area (Å²) < 4.78 is 14.1. The number of carbonyl (C=O) groups is 1. The van der Waals surface area contributed by atoms with Gasteiger partial charge in [-0.1, -0.05) is 60.7 Å². The number of hydrogen-bond donors (Lipinski definition) is 1. The van der Waals surface area contributed by atoms with Crippen LogP contribution in [0.2, 0.25) is 0 Å². The summed E-state index contributed by atoms with van der Waals surface area (Å²) in [6.45, 7) is 1.05. The predicted octanol–water partition coefficient (Wildman–Crippen LogP) is 7.30. The normalized spacial score (nSPS) is 10.9. The molecular formula is C32H30N2O4. The maximum Gasteiger partial charge on any atom is 0.303 e. The number of carboxylic acids is 1. The van der Waals surface area contributed by atoms with E-state index in [0.717, 1.165) is 58.0 Å². The second-order valence-electron chi connectivity index (χ2n) is 9.11. The summed E-state index contributed by atoms with van der Waals surface area (Å²) >= 11 is 0. The molecule has 0 bridgehead atoms. The van der Waals surface area contributed by atoms with Gasteiger partial charge < -0.3 is 14.6 Å². The van der Waals surface area contributed by atoms with E-state index in [1.54, 1.807) is 0 Å². The molecule has 1 N–H and O–H groups in total. The number of unbranched alkanes of at least 4 members (excludes halogenated alkanes) is 2. The van der Waals surface area contributed by atoms with Gasteiger partial charge in [0.05, 0.1) is 17.6 Å². The standard InChI is InChI=1S/C32H30N2O4/c35-31(36)14-8-3-9-21-37-28-19-20-29-30(22-28)34(32(33-29)25-12-6-2-7-13-25)26-15-17-27(18-16-26)38-23-24-10-4-1-5-11-24/h1-2,4-7,10-13,15-20,22H,3,8-9,14,21,23H2,(H,35,36). The van der Waals surface area contributed by atoms with Crippen molar-refractivity contribution in [3.05, 3.63) is 109 Å².